The van der Waals surface area contributed by atoms with Crippen LogP contribution in [0.1, 0.15) is 22.6 Å². The number of halogens is 2. The first-order chi connectivity index (χ1) is 15.1. The Morgan fingerprint density at radius 2 is 1.36 bits per heavy atom. The number of aryl methyl sites for hydroxylation is 1. The van der Waals surface area contributed by atoms with Crippen LogP contribution < -0.4 is 11.1 Å². The maximum absolute atomic E-state index is 13.1. The van der Waals surface area contributed by atoms with Crippen LogP contribution >= 0.6 is 24.8 Å². The molecule has 0 radical (unpaired) electrons. The number of benzene rings is 3. The average molecular weight is 480 g/mol. The van der Waals surface area contributed by atoms with Gasteiger partial charge >= 0.3 is 0 Å². The number of nitrogens with one attached hydrogen (secondary N) is 1. The average Bonchev–Trinajstić information content (AvgIpc) is 2.81. The van der Waals surface area contributed by atoms with Crippen molar-refractivity contribution in [1.29, 1.82) is 0 Å². The fourth-order valence-electron chi connectivity index (χ4n) is 3.84. The number of amides is 1. The summed E-state index contributed by atoms with van der Waals surface area (Å²) in [6, 6.07) is 28.9. The van der Waals surface area contributed by atoms with Crippen molar-refractivity contribution in [3.63, 3.8) is 0 Å². The quantitative estimate of drug-likeness (QED) is 0.356. The van der Waals surface area contributed by atoms with E-state index >= 15 is 0 Å². The summed E-state index contributed by atoms with van der Waals surface area (Å²) in [5.74, 6) is -0.452. The van der Waals surface area contributed by atoms with Gasteiger partial charge in [-0.15, -0.1) is 24.8 Å². The summed E-state index contributed by atoms with van der Waals surface area (Å²) in [5, 5.41) is 2.98. The largest absolute Gasteiger partial charge is 0.325 e. The molecular formula is C27H27Cl2N3O. The summed E-state index contributed by atoms with van der Waals surface area (Å²) in [6.07, 6.45) is 3.63. The summed E-state index contributed by atoms with van der Waals surface area (Å²) >= 11 is 0. The lowest BCUT2D eigenvalue weighted by Crippen LogP contribution is -2.41. The van der Waals surface area contributed by atoms with E-state index in [-0.39, 0.29) is 36.6 Å². The number of carbonyl (C=O) groups is 1. The molecule has 3 aromatic carbocycles. The molecule has 0 fully saturated rings. The molecule has 1 heterocycles. The van der Waals surface area contributed by atoms with Gasteiger partial charge in [-0.25, -0.2) is 0 Å². The first-order valence-corrected chi connectivity index (χ1v) is 10.3. The Balaban J connectivity index is 0.00000193. The molecule has 33 heavy (non-hydrogen) atoms. The topological polar surface area (TPSA) is 68.0 Å². The Bertz CT molecular complexity index is 1110. The van der Waals surface area contributed by atoms with Gasteiger partial charge in [0.1, 0.15) is 0 Å². The third kappa shape index (κ3) is 6.20. The maximum atomic E-state index is 13.1. The zero-order chi connectivity index (χ0) is 21.6. The third-order valence-electron chi connectivity index (χ3n) is 5.46. The molecule has 1 unspecified atom stereocenters. The molecule has 6 heteroatoms. The van der Waals surface area contributed by atoms with E-state index in [9.17, 15) is 4.79 Å². The molecule has 1 amide bonds. The van der Waals surface area contributed by atoms with E-state index in [0.717, 1.165) is 33.5 Å². The minimum Gasteiger partial charge on any atom is -0.325 e. The smallest absolute Gasteiger partial charge is 0.242 e. The van der Waals surface area contributed by atoms with Crippen LogP contribution in [0.2, 0.25) is 0 Å². The van der Waals surface area contributed by atoms with Crippen LogP contribution in [0, 0.1) is 6.92 Å². The van der Waals surface area contributed by atoms with E-state index in [2.05, 4.69) is 10.3 Å². The lowest BCUT2D eigenvalue weighted by Gasteiger charge is -2.24. The van der Waals surface area contributed by atoms with Gasteiger partial charge in [0.2, 0.25) is 5.91 Å². The molecule has 0 spiro atoms. The molecule has 1 aromatic heterocycles. The van der Waals surface area contributed by atoms with Gasteiger partial charge in [0.25, 0.3) is 0 Å². The number of pyridine rings is 1. The van der Waals surface area contributed by atoms with E-state index in [1.807, 2.05) is 104 Å². The van der Waals surface area contributed by atoms with Crippen molar-refractivity contribution >= 4 is 36.4 Å². The number of nitrogens with two attached hydrogens (primary N) is 1. The second-order valence-electron chi connectivity index (χ2n) is 7.58. The van der Waals surface area contributed by atoms with E-state index in [0.29, 0.717) is 0 Å². The van der Waals surface area contributed by atoms with Gasteiger partial charge in [0.15, 0.2) is 0 Å². The van der Waals surface area contributed by atoms with Crippen molar-refractivity contribution in [2.24, 2.45) is 5.73 Å². The highest BCUT2D eigenvalue weighted by Crippen LogP contribution is 2.28. The normalized spacial score (nSPS) is 11.1. The Hall–Kier alpha value is -3.18. The first kappa shape index (κ1) is 26.1. The molecule has 0 aliphatic rings. The SMILES string of the molecule is Cc1cnccc1-c1ccc(NC(=O)C(N)C(c2ccccc2)c2ccccc2)cc1.Cl.Cl. The Morgan fingerprint density at radius 3 is 1.88 bits per heavy atom. The van der Waals surface area contributed by atoms with Crippen LogP contribution in [0.25, 0.3) is 11.1 Å². The van der Waals surface area contributed by atoms with Crippen molar-refractivity contribution in [3.8, 4) is 11.1 Å². The second kappa shape index (κ2) is 12.2. The summed E-state index contributed by atoms with van der Waals surface area (Å²) in [6.45, 7) is 2.03. The summed E-state index contributed by atoms with van der Waals surface area (Å²) in [5.41, 5.74) is 12.5. The highest BCUT2D eigenvalue weighted by atomic mass is 35.5. The number of aromatic nitrogens is 1. The molecule has 0 aliphatic heterocycles. The standard InChI is InChI=1S/C27H25N3O.2ClH/c1-19-18-29-17-16-24(19)20-12-14-23(15-13-20)30-27(31)26(28)25(21-8-4-2-5-9-21)22-10-6-3-7-11-22;;/h2-18,25-26H,28H2,1H3,(H,30,31);2*1H. The summed E-state index contributed by atoms with van der Waals surface area (Å²) in [4.78, 5) is 17.2. The zero-order valence-corrected chi connectivity index (χ0v) is 19.9. The molecule has 0 bridgehead atoms. The van der Waals surface area contributed by atoms with E-state index in [4.69, 9.17) is 5.73 Å². The van der Waals surface area contributed by atoms with Gasteiger partial charge in [-0.1, -0.05) is 72.8 Å². The first-order valence-electron chi connectivity index (χ1n) is 10.3. The van der Waals surface area contributed by atoms with Gasteiger partial charge in [-0.3, -0.25) is 9.78 Å². The Kier molecular flexibility index (Phi) is 9.61. The highest BCUT2D eigenvalue weighted by Gasteiger charge is 2.27. The molecule has 4 rings (SSSR count). The Morgan fingerprint density at radius 1 is 0.818 bits per heavy atom. The number of anilines is 1. The number of hydrogen-bond donors (Lipinski definition) is 2. The van der Waals surface area contributed by atoms with Crippen molar-refractivity contribution in [2.75, 3.05) is 5.32 Å². The van der Waals surface area contributed by atoms with Crippen LogP contribution in [-0.4, -0.2) is 16.9 Å². The van der Waals surface area contributed by atoms with Crippen molar-refractivity contribution < 1.29 is 4.79 Å². The van der Waals surface area contributed by atoms with Crippen LogP contribution in [0.15, 0.2) is 103 Å². The lowest BCUT2D eigenvalue weighted by molar-refractivity contribution is -0.117. The van der Waals surface area contributed by atoms with Gasteiger partial charge in [0, 0.05) is 24.0 Å². The molecule has 170 valence electrons. The van der Waals surface area contributed by atoms with Gasteiger partial charge < -0.3 is 11.1 Å². The van der Waals surface area contributed by atoms with Crippen molar-refractivity contribution in [3.05, 3.63) is 120 Å². The third-order valence-corrected chi connectivity index (χ3v) is 5.46. The fraction of sp³-hybridized carbons (Fsp3) is 0.111. The van der Waals surface area contributed by atoms with E-state index in [1.54, 1.807) is 6.20 Å². The molecule has 4 nitrogen and oxygen atoms in total. The van der Waals surface area contributed by atoms with E-state index < -0.39 is 6.04 Å². The number of hydrogen-bond acceptors (Lipinski definition) is 3. The molecule has 0 saturated heterocycles. The number of nitrogens with zero attached hydrogens (tertiary/aromatic N) is 1. The van der Waals surface area contributed by atoms with Crippen LogP contribution in [0.3, 0.4) is 0 Å². The highest BCUT2D eigenvalue weighted by molar-refractivity contribution is 5.96. The predicted molar refractivity (Wildman–Crippen MR) is 140 cm³/mol. The van der Waals surface area contributed by atoms with Gasteiger partial charge in [-0.2, -0.15) is 0 Å². The van der Waals surface area contributed by atoms with Crippen LogP contribution in [-0.2, 0) is 4.79 Å². The molecule has 3 N–H and O–H groups in total. The minimum atomic E-state index is -0.730. The zero-order valence-electron chi connectivity index (χ0n) is 18.2. The summed E-state index contributed by atoms with van der Waals surface area (Å²) in [7, 11) is 0. The fourth-order valence-corrected chi connectivity index (χ4v) is 3.84. The Labute approximate surface area is 207 Å². The molecule has 0 saturated carbocycles. The number of rotatable bonds is 6. The van der Waals surface area contributed by atoms with Gasteiger partial charge in [0.05, 0.1) is 6.04 Å². The monoisotopic (exact) mass is 479 g/mol. The minimum absolute atomic E-state index is 0. The van der Waals surface area contributed by atoms with Crippen LogP contribution in [0.4, 0.5) is 5.69 Å². The molecule has 4 aromatic rings. The summed E-state index contributed by atoms with van der Waals surface area (Å²) < 4.78 is 0. The molecule has 1 atom stereocenters. The van der Waals surface area contributed by atoms with Crippen molar-refractivity contribution in [2.45, 2.75) is 18.9 Å². The van der Waals surface area contributed by atoms with Gasteiger partial charge in [-0.05, 0) is 52.9 Å². The predicted octanol–water partition coefficient (Wildman–Crippen LogP) is 6.00. The maximum Gasteiger partial charge on any atom is 0.242 e. The number of carbonyl (C=O) groups excluding carboxylic acids is 1. The lowest BCUT2D eigenvalue weighted by atomic mass is 9.85. The molecule has 0 aliphatic carbocycles. The molecular weight excluding hydrogens is 453 g/mol. The second-order valence-corrected chi connectivity index (χ2v) is 7.58. The van der Waals surface area contributed by atoms with E-state index in [1.165, 1.54) is 0 Å². The van der Waals surface area contributed by atoms with Crippen molar-refractivity contribution in [1.82, 2.24) is 4.98 Å². The van der Waals surface area contributed by atoms with Crippen LogP contribution in [0.5, 0.6) is 0 Å².